The summed E-state index contributed by atoms with van der Waals surface area (Å²) in [5, 5.41) is 4.43. The molecule has 1 N–H and O–H groups in total. The Labute approximate surface area is 195 Å². The van der Waals surface area contributed by atoms with Crippen LogP contribution in [0.5, 0.6) is 11.5 Å². The first-order valence-corrected chi connectivity index (χ1v) is 12.0. The van der Waals surface area contributed by atoms with Crippen LogP contribution in [0, 0.1) is 0 Å². The van der Waals surface area contributed by atoms with Crippen LogP contribution < -0.4 is 14.1 Å². The molecule has 33 heavy (non-hydrogen) atoms. The van der Waals surface area contributed by atoms with Gasteiger partial charge >= 0.3 is 7.75 Å². The van der Waals surface area contributed by atoms with Crippen molar-refractivity contribution in [2.45, 2.75) is 0 Å². The molecule has 164 valence electrons. The third-order valence-corrected chi connectivity index (χ3v) is 6.38. The number of anilines is 1. The molecule has 0 saturated heterocycles. The summed E-state index contributed by atoms with van der Waals surface area (Å²) in [5.41, 5.74) is 0.837. The highest BCUT2D eigenvalue weighted by atomic mass is 35.5. The molecule has 2 aromatic heterocycles. The van der Waals surface area contributed by atoms with E-state index in [1.165, 1.54) is 0 Å². The van der Waals surface area contributed by atoms with Gasteiger partial charge < -0.3 is 9.05 Å². The van der Waals surface area contributed by atoms with E-state index >= 15 is 0 Å². The molecule has 0 bridgehead atoms. The number of para-hydroxylation sites is 2. The minimum Gasteiger partial charge on any atom is -0.400 e. The minimum atomic E-state index is -3.97. The van der Waals surface area contributed by atoms with Gasteiger partial charge in [-0.1, -0.05) is 48.0 Å². The van der Waals surface area contributed by atoms with Crippen molar-refractivity contribution in [1.82, 2.24) is 14.5 Å². The lowest BCUT2D eigenvalue weighted by Gasteiger charge is -2.21. The van der Waals surface area contributed by atoms with Crippen LogP contribution in [0.3, 0.4) is 0 Å². The molecule has 3 aromatic carbocycles. The Hall–Kier alpha value is -3.80. The zero-order valence-electron chi connectivity index (χ0n) is 17.2. The van der Waals surface area contributed by atoms with Gasteiger partial charge in [-0.05, 0) is 54.6 Å². The number of benzene rings is 3. The van der Waals surface area contributed by atoms with E-state index in [1.54, 1.807) is 71.6 Å². The third kappa shape index (κ3) is 4.70. The van der Waals surface area contributed by atoms with Crippen LogP contribution in [0.2, 0.25) is 5.02 Å². The number of fused-ring (bicyclic) bond motifs is 1. The van der Waals surface area contributed by atoms with E-state index in [0.717, 1.165) is 10.9 Å². The van der Waals surface area contributed by atoms with Crippen molar-refractivity contribution in [2.75, 3.05) is 5.09 Å². The molecule has 9 heteroatoms. The summed E-state index contributed by atoms with van der Waals surface area (Å²) in [5.74, 6) is 1.60. The summed E-state index contributed by atoms with van der Waals surface area (Å²) < 4.78 is 27.5. The molecule has 0 saturated carbocycles. The summed E-state index contributed by atoms with van der Waals surface area (Å²) in [4.78, 5) is 8.73. The maximum atomic E-state index is 14.0. The first kappa shape index (κ1) is 21.1. The molecule has 0 aliphatic rings. The van der Waals surface area contributed by atoms with Crippen LogP contribution in [-0.4, -0.2) is 14.5 Å². The summed E-state index contributed by atoms with van der Waals surface area (Å²) >= 11 is 5.99. The van der Waals surface area contributed by atoms with E-state index in [9.17, 15) is 4.57 Å². The van der Waals surface area contributed by atoms with E-state index < -0.39 is 7.75 Å². The number of rotatable bonds is 7. The second-order valence-electron chi connectivity index (χ2n) is 7.03. The van der Waals surface area contributed by atoms with E-state index in [4.69, 9.17) is 20.6 Å². The fourth-order valence-electron chi connectivity index (χ4n) is 3.32. The van der Waals surface area contributed by atoms with Gasteiger partial charge in [0.25, 0.3) is 0 Å². The molecule has 1 unspecified atom stereocenters. The molecule has 0 aliphatic carbocycles. The summed E-state index contributed by atoms with van der Waals surface area (Å²) in [6, 6.07) is 26.7. The average Bonchev–Trinajstić information content (AvgIpc) is 3.19. The van der Waals surface area contributed by atoms with Crippen LogP contribution in [0.15, 0.2) is 103 Å². The number of nitrogens with zero attached hydrogens (tertiary/aromatic N) is 3. The molecule has 1 atom stereocenters. The largest absolute Gasteiger partial charge is 0.542 e. The Kier molecular flexibility index (Phi) is 5.73. The van der Waals surface area contributed by atoms with Crippen molar-refractivity contribution >= 4 is 36.1 Å². The van der Waals surface area contributed by atoms with Crippen LogP contribution in [0.25, 0.3) is 16.9 Å². The lowest BCUT2D eigenvalue weighted by atomic mass is 10.2. The first-order valence-electron chi connectivity index (χ1n) is 10.1. The molecule has 5 aromatic rings. The molecule has 0 fully saturated rings. The standard InChI is InChI=1S/C24H18ClN4O3P/c25-19-11-13-21(14-12-19)32-33(30,31-20-8-2-1-3-9-20)28-23-17-18-7-4-5-10-22(18)29(23)24-26-15-6-16-27-24/h1-17H,(H,28,30). The van der Waals surface area contributed by atoms with Gasteiger partial charge in [0.05, 0.1) is 5.52 Å². The number of hydrogen-bond donors (Lipinski definition) is 1. The fraction of sp³-hybridized carbons (Fsp3) is 0. The molecule has 0 amide bonds. The topological polar surface area (TPSA) is 78.3 Å². The van der Waals surface area contributed by atoms with Crippen LogP contribution >= 0.6 is 19.3 Å². The Balaban J connectivity index is 1.59. The van der Waals surface area contributed by atoms with Gasteiger partial charge in [0.15, 0.2) is 0 Å². The molecule has 0 spiro atoms. The zero-order chi connectivity index (χ0) is 22.7. The molecular formula is C24H18ClN4O3P. The molecule has 5 rings (SSSR count). The molecule has 0 radical (unpaired) electrons. The normalized spacial score (nSPS) is 12.8. The molecular weight excluding hydrogens is 459 g/mol. The van der Waals surface area contributed by atoms with E-state index in [0.29, 0.717) is 28.3 Å². The summed E-state index contributed by atoms with van der Waals surface area (Å²) in [7, 11) is -3.97. The quantitative estimate of drug-likeness (QED) is 0.262. The molecule has 7 nitrogen and oxygen atoms in total. The first-order chi connectivity index (χ1) is 16.1. The van der Waals surface area contributed by atoms with E-state index in [1.807, 2.05) is 36.4 Å². The van der Waals surface area contributed by atoms with Gasteiger partial charge in [-0.15, -0.1) is 0 Å². The maximum Gasteiger partial charge on any atom is 0.542 e. The second-order valence-corrected chi connectivity index (χ2v) is 9.05. The Morgan fingerprint density at radius 2 is 1.42 bits per heavy atom. The predicted molar refractivity (Wildman–Crippen MR) is 129 cm³/mol. The van der Waals surface area contributed by atoms with Crippen LogP contribution in [0.1, 0.15) is 0 Å². The second kappa shape index (κ2) is 8.98. The maximum absolute atomic E-state index is 14.0. The van der Waals surface area contributed by atoms with Crippen LogP contribution in [-0.2, 0) is 4.57 Å². The summed E-state index contributed by atoms with van der Waals surface area (Å²) in [6.45, 7) is 0. The highest BCUT2D eigenvalue weighted by Gasteiger charge is 2.31. The number of nitrogens with one attached hydrogen (secondary N) is 1. The lowest BCUT2D eigenvalue weighted by molar-refractivity contribution is 0.392. The Morgan fingerprint density at radius 1 is 0.788 bits per heavy atom. The third-order valence-electron chi connectivity index (χ3n) is 4.72. The lowest BCUT2D eigenvalue weighted by Crippen LogP contribution is -2.13. The average molecular weight is 477 g/mol. The van der Waals surface area contributed by atoms with Gasteiger partial charge in [-0.25, -0.2) is 14.5 Å². The van der Waals surface area contributed by atoms with E-state index in [-0.39, 0.29) is 0 Å². The Bertz CT molecular complexity index is 1430. The van der Waals surface area contributed by atoms with Gasteiger partial charge in [0, 0.05) is 22.8 Å². The van der Waals surface area contributed by atoms with Gasteiger partial charge in [-0.3, -0.25) is 9.65 Å². The number of hydrogen-bond acceptors (Lipinski definition) is 5. The predicted octanol–water partition coefficient (Wildman–Crippen LogP) is 6.75. The molecule has 0 aliphatic heterocycles. The summed E-state index contributed by atoms with van der Waals surface area (Å²) in [6.07, 6.45) is 3.29. The van der Waals surface area contributed by atoms with Crippen molar-refractivity contribution in [2.24, 2.45) is 0 Å². The minimum absolute atomic E-state index is 0.338. The molecule has 2 heterocycles. The Morgan fingerprint density at radius 3 is 2.15 bits per heavy atom. The van der Waals surface area contributed by atoms with Gasteiger partial charge in [0.2, 0.25) is 5.95 Å². The van der Waals surface area contributed by atoms with Gasteiger partial charge in [-0.2, -0.15) is 0 Å². The monoisotopic (exact) mass is 476 g/mol. The zero-order valence-corrected chi connectivity index (χ0v) is 18.9. The van der Waals surface area contributed by atoms with Crippen LogP contribution in [0.4, 0.5) is 5.82 Å². The van der Waals surface area contributed by atoms with Crippen molar-refractivity contribution < 1.29 is 13.6 Å². The number of halogens is 1. The number of aromatic nitrogens is 3. The van der Waals surface area contributed by atoms with Crippen molar-refractivity contribution in [3.63, 3.8) is 0 Å². The highest BCUT2D eigenvalue weighted by molar-refractivity contribution is 7.56. The van der Waals surface area contributed by atoms with Crippen molar-refractivity contribution in [1.29, 1.82) is 0 Å². The van der Waals surface area contributed by atoms with E-state index in [2.05, 4.69) is 15.1 Å². The van der Waals surface area contributed by atoms with Crippen molar-refractivity contribution in [3.8, 4) is 17.4 Å². The van der Waals surface area contributed by atoms with Gasteiger partial charge in [0.1, 0.15) is 17.3 Å². The fourth-order valence-corrected chi connectivity index (χ4v) is 4.82. The van der Waals surface area contributed by atoms with Crippen molar-refractivity contribution in [3.05, 3.63) is 108 Å². The SMILES string of the molecule is O=P(Nc1cc2ccccc2n1-c1ncccn1)(Oc1ccccc1)Oc1ccc(Cl)cc1. The highest BCUT2D eigenvalue weighted by Crippen LogP contribution is 2.49. The smallest absolute Gasteiger partial charge is 0.400 e.